The predicted octanol–water partition coefficient (Wildman–Crippen LogP) is -1.36. The predicted molar refractivity (Wildman–Crippen MR) is 28.0 cm³/mol. The van der Waals surface area contributed by atoms with Crippen molar-refractivity contribution in [1.82, 2.24) is 0 Å². The van der Waals surface area contributed by atoms with Gasteiger partial charge in [-0.3, -0.25) is 0 Å². The maximum absolute atomic E-state index is 8.83. The van der Waals surface area contributed by atoms with Crippen LogP contribution >= 0.6 is 0 Å². The fourth-order valence-corrected chi connectivity index (χ4v) is 0.683. The Balaban J connectivity index is 2.41. The van der Waals surface area contributed by atoms with E-state index in [1.165, 1.54) is 0 Å². The van der Waals surface area contributed by atoms with Gasteiger partial charge in [-0.25, -0.2) is 0 Å². The Morgan fingerprint density at radius 2 is 2.11 bits per heavy atom. The van der Waals surface area contributed by atoms with Crippen LogP contribution in [0.2, 0.25) is 0 Å². The molecule has 2 atom stereocenters. The highest BCUT2D eigenvalue weighted by molar-refractivity contribution is 4.92. The molecule has 4 nitrogen and oxygen atoms in total. The van der Waals surface area contributed by atoms with Crippen LogP contribution in [0.3, 0.4) is 0 Å². The van der Waals surface area contributed by atoms with Crippen molar-refractivity contribution in [2.75, 3.05) is 13.2 Å². The second kappa shape index (κ2) is 2.62. The first-order chi connectivity index (χ1) is 4.22. The van der Waals surface area contributed by atoms with E-state index in [0.717, 1.165) is 0 Å². The standard InChI is InChI=1S/C5H9O4/c6-3-1-9-2-4(7)5(3)8/h3,5-8H,1-2H2/t3-,5+/m0/s1. The van der Waals surface area contributed by atoms with Gasteiger partial charge in [-0.15, -0.1) is 0 Å². The summed E-state index contributed by atoms with van der Waals surface area (Å²) in [7, 11) is 0. The zero-order valence-corrected chi connectivity index (χ0v) is 4.82. The van der Waals surface area contributed by atoms with Crippen molar-refractivity contribution < 1.29 is 20.1 Å². The largest absolute Gasteiger partial charge is 0.388 e. The molecule has 53 valence electrons. The highest BCUT2D eigenvalue weighted by atomic mass is 16.5. The number of aliphatic hydroxyl groups is 3. The molecule has 1 rings (SSSR count). The summed E-state index contributed by atoms with van der Waals surface area (Å²) in [4.78, 5) is 0. The van der Waals surface area contributed by atoms with Crippen LogP contribution in [0.4, 0.5) is 0 Å². The van der Waals surface area contributed by atoms with Crippen LogP contribution in [0.25, 0.3) is 0 Å². The maximum atomic E-state index is 8.83. The Bertz CT molecular complexity index is 85.0. The molecule has 0 bridgehead atoms. The van der Waals surface area contributed by atoms with Gasteiger partial charge in [-0.05, 0) is 0 Å². The first-order valence-electron chi connectivity index (χ1n) is 2.70. The molecule has 0 amide bonds. The van der Waals surface area contributed by atoms with Crippen molar-refractivity contribution in [3.05, 3.63) is 6.10 Å². The quantitative estimate of drug-likeness (QED) is 0.382. The minimum Gasteiger partial charge on any atom is -0.388 e. The Morgan fingerprint density at radius 3 is 2.56 bits per heavy atom. The molecule has 4 heteroatoms. The van der Waals surface area contributed by atoms with Crippen LogP contribution in [-0.2, 0) is 4.74 Å². The third kappa shape index (κ3) is 1.40. The second-order valence-electron chi connectivity index (χ2n) is 2.02. The van der Waals surface area contributed by atoms with Crippen LogP contribution in [0, 0.1) is 6.10 Å². The van der Waals surface area contributed by atoms with Gasteiger partial charge in [0.25, 0.3) is 0 Å². The molecule has 3 N–H and O–H groups in total. The molecule has 0 saturated carbocycles. The summed E-state index contributed by atoms with van der Waals surface area (Å²) in [5.41, 5.74) is 0. The number of rotatable bonds is 0. The van der Waals surface area contributed by atoms with E-state index in [-0.39, 0.29) is 19.3 Å². The van der Waals surface area contributed by atoms with Gasteiger partial charge >= 0.3 is 0 Å². The average molecular weight is 133 g/mol. The summed E-state index contributed by atoms with van der Waals surface area (Å²) < 4.78 is 4.67. The SMILES string of the molecule is O[C]1COC[C@H](O)[C@H]1O. The van der Waals surface area contributed by atoms with Crippen LogP contribution in [0.1, 0.15) is 0 Å². The van der Waals surface area contributed by atoms with E-state index in [1.807, 2.05) is 0 Å². The Morgan fingerprint density at radius 1 is 1.44 bits per heavy atom. The highest BCUT2D eigenvalue weighted by Gasteiger charge is 2.30. The van der Waals surface area contributed by atoms with Gasteiger partial charge in [0.05, 0.1) is 13.2 Å². The molecule has 1 aliphatic heterocycles. The lowest BCUT2D eigenvalue weighted by molar-refractivity contribution is -0.106. The van der Waals surface area contributed by atoms with Crippen molar-refractivity contribution in [2.24, 2.45) is 0 Å². The second-order valence-corrected chi connectivity index (χ2v) is 2.02. The number of hydrogen-bond acceptors (Lipinski definition) is 4. The Kier molecular flexibility index (Phi) is 2.02. The third-order valence-corrected chi connectivity index (χ3v) is 1.24. The molecular weight excluding hydrogens is 124 g/mol. The lowest BCUT2D eigenvalue weighted by Crippen LogP contribution is -2.42. The van der Waals surface area contributed by atoms with Crippen LogP contribution in [-0.4, -0.2) is 40.7 Å². The summed E-state index contributed by atoms with van der Waals surface area (Å²) in [6.45, 7) is 0.115. The molecule has 0 aromatic rings. The number of ether oxygens (including phenoxy) is 1. The van der Waals surface area contributed by atoms with Gasteiger partial charge in [0, 0.05) is 0 Å². The van der Waals surface area contributed by atoms with E-state index in [4.69, 9.17) is 15.3 Å². The summed E-state index contributed by atoms with van der Waals surface area (Å²) in [6, 6.07) is 0. The van der Waals surface area contributed by atoms with E-state index in [2.05, 4.69) is 4.74 Å². The topological polar surface area (TPSA) is 69.9 Å². The molecule has 0 unspecified atom stereocenters. The molecule has 1 aliphatic rings. The van der Waals surface area contributed by atoms with E-state index in [0.29, 0.717) is 0 Å². The van der Waals surface area contributed by atoms with Gasteiger partial charge in [0.15, 0.2) is 0 Å². The van der Waals surface area contributed by atoms with E-state index >= 15 is 0 Å². The average Bonchev–Trinajstić information content (AvgIpc) is 1.83. The van der Waals surface area contributed by atoms with E-state index in [9.17, 15) is 0 Å². The molecule has 1 fully saturated rings. The molecule has 0 aliphatic carbocycles. The monoisotopic (exact) mass is 133 g/mol. The van der Waals surface area contributed by atoms with Crippen LogP contribution < -0.4 is 0 Å². The number of aliphatic hydroxyl groups excluding tert-OH is 3. The number of hydrogen-bond donors (Lipinski definition) is 3. The van der Waals surface area contributed by atoms with Crippen LogP contribution in [0.15, 0.2) is 0 Å². The minimum atomic E-state index is -1.13. The Labute approximate surface area is 52.7 Å². The summed E-state index contributed by atoms with van der Waals surface area (Å²) >= 11 is 0. The zero-order chi connectivity index (χ0) is 6.85. The van der Waals surface area contributed by atoms with Crippen molar-refractivity contribution in [1.29, 1.82) is 0 Å². The lowest BCUT2D eigenvalue weighted by atomic mass is 10.1. The molecule has 1 heterocycles. The fourth-order valence-electron chi connectivity index (χ4n) is 0.683. The third-order valence-electron chi connectivity index (χ3n) is 1.24. The molecule has 0 spiro atoms. The summed E-state index contributed by atoms with van der Waals surface area (Å²) in [5, 5.41) is 26.4. The van der Waals surface area contributed by atoms with Crippen LogP contribution in [0.5, 0.6) is 0 Å². The summed E-state index contributed by atoms with van der Waals surface area (Å²) in [5.74, 6) is 0. The fraction of sp³-hybridized carbons (Fsp3) is 0.800. The van der Waals surface area contributed by atoms with Crippen molar-refractivity contribution in [3.8, 4) is 0 Å². The maximum Gasteiger partial charge on any atom is 0.150 e. The molecule has 1 radical (unpaired) electrons. The smallest absolute Gasteiger partial charge is 0.150 e. The Hall–Kier alpha value is -0.160. The highest BCUT2D eigenvalue weighted by Crippen LogP contribution is 2.13. The zero-order valence-electron chi connectivity index (χ0n) is 4.82. The first kappa shape index (κ1) is 6.95. The van der Waals surface area contributed by atoms with Crippen molar-refractivity contribution in [3.63, 3.8) is 0 Å². The molecule has 0 aromatic heterocycles. The van der Waals surface area contributed by atoms with Gasteiger partial charge in [-0.2, -0.15) is 0 Å². The molecule has 1 saturated heterocycles. The lowest BCUT2D eigenvalue weighted by Gasteiger charge is -2.26. The molecular formula is C5H9O4. The van der Waals surface area contributed by atoms with Gasteiger partial charge in [0.1, 0.15) is 18.3 Å². The van der Waals surface area contributed by atoms with Gasteiger partial charge in [-0.1, -0.05) is 0 Å². The van der Waals surface area contributed by atoms with E-state index in [1.54, 1.807) is 0 Å². The minimum absolute atomic E-state index is 0.0260. The van der Waals surface area contributed by atoms with Crippen molar-refractivity contribution in [2.45, 2.75) is 12.2 Å². The molecule has 0 aromatic carbocycles. The first-order valence-corrected chi connectivity index (χ1v) is 2.70. The molecule has 9 heavy (non-hydrogen) atoms. The van der Waals surface area contributed by atoms with Gasteiger partial charge < -0.3 is 20.1 Å². The normalized spacial score (nSPS) is 39.0. The van der Waals surface area contributed by atoms with E-state index < -0.39 is 12.2 Å². The van der Waals surface area contributed by atoms with Gasteiger partial charge in [0.2, 0.25) is 0 Å². The van der Waals surface area contributed by atoms with Crippen molar-refractivity contribution >= 4 is 0 Å². The summed E-state index contributed by atoms with van der Waals surface area (Å²) in [6.07, 6.45) is -2.30.